The van der Waals surface area contributed by atoms with Gasteiger partial charge in [0.2, 0.25) is 0 Å². The average molecular weight is 613 g/mol. The van der Waals surface area contributed by atoms with Crippen LogP contribution in [0.4, 0.5) is 18.9 Å². The van der Waals surface area contributed by atoms with Crippen LogP contribution in [0.15, 0.2) is 88.7 Å². The first kappa shape index (κ1) is 29.9. The summed E-state index contributed by atoms with van der Waals surface area (Å²) >= 11 is 1.26. The molecule has 3 aromatic rings. The largest absolute Gasteiger partial charge is 0.497 e. The summed E-state index contributed by atoms with van der Waals surface area (Å²) in [6, 6.07) is 14.7. The SMILES string of the molecule is COC(=O)C1=C(N)N(c2cccc(C(F)(F)F)c2)C2=C(C(=O)C(C(=O)OC)C(c3ccc(OC)cc3)C2)C1c1cccs1. The van der Waals surface area contributed by atoms with Crippen molar-refractivity contribution in [2.45, 2.75) is 24.4 Å². The average Bonchev–Trinajstić information content (AvgIpc) is 3.54. The maximum Gasteiger partial charge on any atom is 0.416 e. The Morgan fingerprint density at radius 1 is 1.00 bits per heavy atom. The first-order valence-electron chi connectivity index (χ1n) is 13.1. The van der Waals surface area contributed by atoms with E-state index in [1.807, 2.05) is 0 Å². The number of carbonyl (C=O) groups excluding carboxylic acids is 3. The van der Waals surface area contributed by atoms with Crippen LogP contribution in [0.1, 0.15) is 34.3 Å². The molecule has 2 aliphatic rings. The molecule has 224 valence electrons. The Labute approximate surface area is 249 Å². The molecule has 1 aliphatic carbocycles. The van der Waals surface area contributed by atoms with Gasteiger partial charge in [-0.05, 0) is 53.8 Å². The molecule has 2 N–H and O–H groups in total. The third-order valence-electron chi connectivity index (χ3n) is 7.70. The van der Waals surface area contributed by atoms with Crippen LogP contribution in [0, 0.1) is 5.92 Å². The first-order chi connectivity index (χ1) is 20.5. The number of Topliss-reactive ketones (excluding diaryl/α,β-unsaturated/α-hetero) is 1. The third-order valence-corrected chi connectivity index (χ3v) is 8.64. The summed E-state index contributed by atoms with van der Waals surface area (Å²) in [7, 11) is 3.82. The number of nitrogens with zero attached hydrogens (tertiary/aromatic N) is 1. The number of alkyl halides is 3. The molecule has 0 fully saturated rings. The summed E-state index contributed by atoms with van der Waals surface area (Å²) in [5.74, 6) is -5.00. The van der Waals surface area contributed by atoms with Crippen LogP contribution in [0.25, 0.3) is 0 Å². The van der Waals surface area contributed by atoms with Gasteiger partial charge in [-0.3, -0.25) is 14.5 Å². The van der Waals surface area contributed by atoms with E-state index in [1.54, 1.807) is 41.8 Å². The Morgan fingerprint density at radius 2 is 1.72 bits per heavy atom. The number of halogens is 3. The van der Waals surface area contributed by atoms with Gasteiger partial charge in [-0.1, -0.05) is 24.3 Å². The highest BCUT2D eigenvalue weighted by Crippen LogP contribution is 2.52. The Balaban J connectivity index is 1.81. The second-order valence-corrected chi connectivity index (χ2v) is 10.9. The lowest BCUT2D eigenvalue weighted by Gasteiger charge is -2.43. The molecule has 0 spiro atoms. The quantitative estimate of drug-likeness (QED) is 0.286. The van der Waals surface area contributed by atoms with E-state index in [0.29, 0.717) is 16.2 Å². The topological polar surface area (TPSA) is 108 Å². The molecule has 0 saturated carbocycles. The molecule has 0 saturated heterocycles. The van der Waals surface area contributed by atoms with Crippen molar-refractivity contribution in [1.29, 1.82) is 0 Å². The minimum Gasteiger partial charge on any atom is -0.497 e. The van der Waals surface area contributed by atoms with Gasteiger partial charge in [-0.2, -0.15) is 13.2 Å². The Hall–Kier alpha value is -4.58. The minimum atomic E-state index is -4.67. The zero-order chi connectivity index (χ0) is 31.1. The van der Waals surface area contributed by atoms with Crippen molar-refractivity contribution in [3.63, 3.8) is 0 Å². The molecule has 1 aliphatic heterocycles. The van der Waals surface area contributed by atoms with E-state index in [1.165, 1.54) is 42.6 Å². The number of allylic oxidation sites excluding steroid dienone is 2. The molecule has 2 heterocycles. The van der Waals surface area contributed by atoms with Crippen molar-refractivity contribution in [2.75, 3.05) is 26.2 Å². The highest BCUT2D eigenvalue weighted by molar-refractivity contribution is 7.10. The molecule has 5 rings (SSSR count). The molecule has 43 heavy (non-hydrogen) atoms. The summed E-state index contributed by atoms with van der Waals surface area (Å²) < 4.78 is 56.8. The van der Waals surface area contributed by atoms with Gasteiger partial charge in [0.05, 0.1) is 38.4 Å². The highest BCUT2D eigenvalue weighted by atomic mass is 32.1. The normalized spacial score (nSPS) is 20.6. The van der Waals surface area contributed by atoms with Crippen molar-refractivity contribution in [1.82, 2.24) is 0 Å². The van der Waals surface area contributed by atoms with Crippen molar-refractivity contribution >= 4 is 34.7 Å². The summed E-state index contributed by atoms with van der Waals surface area (Å²) in [4.78, 5) is 42.9. The van der Waals surface area contributed by atoms with E-state index in [4.69, 9.17) is 19.9 Å². The van der Waals surface area contributed by atoms with Gasteiger partial charge < -0.3 is 19.9 Å². The summed E-state index contributed by atoms with van der Waals surface area (Å²) in [6.45, 7) is 0. The maximum absolute atomic E-state index is 14.5. The van der Waals surface area contributed by atoms with Gasteiger partial charge in [0.25, 0.3) is 0 Å². The number of nitrogens with two attached hydrogens (primary N) is 1. The maximum atomic E-state index is 14.5. The number of carbonyl (C=O) groups is 3. The predicted molar refractivity (Wildman–Crippen MR) is 152 cm³/mol. The van der Waals surface area contributed by atoms with Crippen LogP contribution in [-0.4, -0.2) is 39.1 Å². The second kappa shape index (κ2) is 11.6. The molecule has 3 atom stereocenters. The summed E-state index contributed by atoms with van der Waals surface area (Å²) in [5, 5.41) is 1.76. The van der Waals surface area contributed by atoms with Gasteiger partial charge in [0.15, 0.2) is 5.78 Å². The van der Waals surface area contributed by atoms with E-state index in [0.717, 1.165) is 19.2 Å². The summed E-state index contributed by atoms with van der Waals surface area (Å²) in [6.07, 6.45) is -4.66. The second-order valence-electron chi connectivity index (χ2n) is 9.93. The van der Waals surface area contributed by atoms with Crippen molar-refractivity contribution in [3.8, 4) is 5.75 Å². The Kier molecular flexibility index (Phi) is 8.06. The van der Waals surface area contributed by atoms with Gasteiger partial charge in [0.1, 0.15) is 17.5 Å². The molecular weight excluding hydrogens is 585 g/mol. The number of ether oxygens (including phenoxy) is 3. The van der Waals surface area contributed by atoms with E-state index < -0.39 is 47.2 Å². The molecule has 3 unspecified atom stereocenters. The van der Waals surface area contributed by atoms with Gasteiger partial charge in [-0.15, -0.1) is 11.3 Å². The number of thiophene rings is 1. The van der Waals surface area contributed by atoms with Crippen molar-refractivity contribution in [3.05, 3.63) is 105 Å². The van der Waals surface area contributed by atoms with Crippen LogP contribution < -0.4 is 15.4 Å². The van der Waals surface area contributed by atoms with Gasteiger partial charge in [0, 0.05) is 27.8 Å². The lowest BCUT2D eigenvalue weighted by atomic mass is 9.68. The fourth-order valence-electron chi connectivity index (χ4n) is 5.76. The molecule has 0 radical (unpaired) electrons. The smallest absolute Gasteiger partial charge is 0.416 e. The lowest BCUT2D eigenvalue weighted by molar-refractivity contribution is -0.150. The van der Waals surface area contributed by atoms with E-state index >= 15 is 0 Å². The fourth-order valence-corrected chi connectivity index (χ4v) is 6.60. The Morgan fingerprint density at radius 3 is 2.30 bits per heavy atom. The fraction of sp³-hybridized carbons (Fsp3) is 0.258. The molecule has 2 aromatic carbocycles. The molecule has 12 heteroatoms. The number of rotatable bonds is 6. The predicted octanol–water partition coefficient (Wildman–Crippen LogP) is 5.52. The Bertz CT molecular complexity index is 1630. The molecule has 8 nitrogen and oxygen atoms in total. The number of ketones is 1. The van der Waals surface area contributed by atoms with Gasteiger partial charge in [-0.25, -0.2) is 4.79 Å². The van der Waals surface area contributed by atoms with E-state index in [-0.39, 0.29) is 34.8 Å². The molecule has 0 bridgehead atoms. The molecule has 1 aromatic heterocycles. The zero-order valence-corrected chi connectivity index (χ0v) is 24.1. The monoisotopic (exact) mass is 612 g/mol. The number of benzene rings is 2. The van der Waals surface area contributed by atoms with Gasteiger partial charge >= 0.3 is 18.1 Å². The molecular formula is C31H27F3N2O6S. The van der Waals surface area contributed by atoms with Crippen molar-refractivity contribution < 1.29 is 41.8 Å². The van der Waals surface area contributed by atoms with Crippen LogP contribution in [-0.2, 0) is 30.0 Å². The minimum absolute atomic E-state index is 0.0105. The first-order valence-corrected chi connectivity index (χ1v) is 14.0. The van der Waals surface area contributed by atoms with Crippen LogP contribution >= 0.6 is 11.3 Å². The highest BCUT2D eigenvalue weighted by Gasteiger charge is 2.51. The molecule has 0 amide bonds. The standard InChI is InChI=1S/C31H27F3N2O6S/c1-40-19-11-9-16(10-12-19)20-15-21-24(27(37)23(20)29(38)41-2)25(22-8-5-13-43-22)26(30(39)42-3)28(35)36(21)18-7-4-6-17(14-18)31(32,33)34/h4-14,20,23,25H,15,35H2,1-3H3. The number of hydrogen-bond acceptors (Lipinski definition) is 9. The van der Waals surface area contributed by atoms with E-state index in [9.17, 15) is 27.6 Å². The lowest BCUT2D eigenvalue weighted by Crippen LogP contribution is -2.46. The summed E-state index contributed by atoms with van der Waals surface area (Å²) in [5.41, 5.74) is 6.52. The van der Waals surface area contributed by atoms with Crippen molar-refractivity contribution in [2.24, 2.45) is 11.7 Å². The number of esters is 2. The van der Waals surface area contributed by atoms with Crippen LogP contribution in [0.5, 0.6) is 5.75 Å². The number of methoxy groups -OCH3 is 3. The number of hydrogen-bond donors (Lipinski definition) is 1. The third kappa shape index (κ3) is 5.27. The van der Waals surface area contributed by atoms with Crippen LogP contribution in [0.3, 0.4) is 0 Å². The van der Waals surface area contributed by atoms with Crippen LogP contribution in [0.2, 0.25) is 0 Å². The van der Waals surface area contributed by atoms with E-state index in [2.05, 4.69) is 0 Å². The number of anilines is 1. The zero-order valence-electron chi connectivity index (χ0n) is 23.3.